The second-order valence-corrected chi connectivity index (χ2v) is 9.28. The van der Waals surface area contributed by atoms with Crippen LogP contribution in [0.25, 0.3) is 0 Å². The van der Waals surface area contributed by atoms with E-state index in [2.05, 4.69) is 31.0 Å². The van der Waals surface area contributed by atoms with Gasteiger partial charge in [0.15, 0.2) is 0 Å². The van der Waals surface area contributed by atoms with Crippen LogP contribution in [0.1, 0.15) is 47.9 Å². The molecule has 1 N–H and O–H groups in total. The SMILES string of the molecule is CN(CC(C)(C)C)C(=O)c1cccc(C(=O)N2CCC(N3CCNCC3)C2)c1. The van der Waals surface area contributed by atoms with Crippen molar-refractivity contribution in [2.75, 3.05) is 52.9 Å². The molecule has 3 rings (SSSR count). The third-order valence-corrected chi connectivity index (χ3v) is 5.53. The van der Waals surface area contributed by atoms with E-state index in [9.17, 15) is 9.59 Å². The Bertz CT molecular complexity index is 707. The maximum Gasteiger partial charge on any atom is 0.253 e. The fourth-order valence-corrected chi connectivity index (χ4v) is 4.24. The van der Waals surface area contributed by atoms with Crippen molar-refractivity contribution in [2.45, 2.75) is 33.2 Å². The zero-order valence-electron chi connectivity index (χ0n) is 17.7. The van der Waals surface area contributed by atoms with Gasteiger partial charge in [0.1, 0.15) is 0 Å². The molecule has 1 aromatic carbocycles. The first-order valence-electron chi connectivity index (χ1n) is 10.3. The molecule has 0 radical (unpaired) electrons. The molecule has 154 valence electrons. The van der Waals surface area contributed by atoms with Gasteiger partial charge in [-0.15, -0.1) is 0 Å². The van der Waals surface area contributed by atoms with E-state index in [1.54, 1.807) is 17.0 Å². The van der Waals surface area contributed by atoms with Crippen LogP contribution < -0.4 is 5.32 Å². The number of benzene rings is 1. The molecule has 0 aromatic heterocycles. The van der Waals surface area contributed by atoms with E-state index in [1.165, 1.54) is 0 Å². The molecule has 0 spiro atoms. The summed E-state index contributed by atoms with van der Waals surface area (Å²) in [6.45, 7) is 12.7. The van der Waals surface area contributed by atoms with E-state index in [0.717, 1.165) is 45.7 Å². The van der Waals surface area contributed by atoms with Crippen LogP contribution in [-0.2, 0) is 0 Å². The summed E-state index contributed by atoms with van der Waals surface area (Å²) in [6, 6.07) is 7.64. The van der Waals surface area contributed by atoms with Crippen molar-refractivity contribution in [2.24, 2.45) is 5.41 Å². The van der Waals surface area contributed by atoms with Gasteiger partial charge in [0.05, 0.1) is 0 Å². The predicted molar refractivity (Wildman–Crippen MR) is 112 cm³/mol. The van der Waals surface area contributed by atoms with E-state index in [0.29, 0.717) is 23.7 Å². The number of piperazine rings is 1. The summed E-state index contributed by atoms with van der Waals surface area (Å²) in [6.07, 6.45) is 1.03. The van der Waals surface area contributed by atoms with E-state index in [-0.39, 0.29) is 17.2 Å². The Morgan fingerprint density at radius 1 is 1.14 bits per heavy atom. The summed E-state index contributed by atoms with van der Waals surface area (Å²) in [4.78, 5) is 32.0. The fraction of sp³-hybridized carbons (Fsp3) is 0.636. The first-order chi connectivity index (χ1) is 13.2. The van der Waals surface area contributed by atoms with Gasteiger partial charge in [0.25, 0.3) is 11.8 Å². The van der Waals surface area contributed by atoms with Crippen LogP contribution in [0.4, 0.5) is 0 Å². The van der Waals surface area contributed by atoms with Crippen molar-refractivity contribution >= 4 is 11.8 Å². The first-order valence-corrected chi connectivity index (χ1v) is 10.3. The van der Waals surface area contributed by atoms with Gasteiger partial charge in [-0.25, -0.2) is 0 Å². The molecule has 0 bridgehead atoms. The maximum absolute atomic E-state index is 13.0. The normalized spacial score (nSPS) is 21.0. The summed E-state index contributed by atoms with van der Waals surface area (Å²) in [7, 11) is 1.82. The standard InChI is InChI=1S/C22H34N4O2/c1-22(2,3)16-24(4)20(27)17-6-5-7-18(14-17)21(28)26-11-8-19(15-26)25-12-9-23-10-13-25/h5-7,14,19,23H,8-13,15-16H2,1-4H3. The number of nitrogens with zero attached hydrogens (tertiary/aromatic N) is 3. The molecular weight excluding hydrogens is 352 g/mol. The van der Waals surface area contributed by atoms with Crippen LogP contribution >= 0.6 is 0 Å². The Hall–Kier alpha value is -1.92. The molecular formula is C22H34N4O2. The van der Waals surface area contributed by atoms with Gasteiger partial charge in [-0.2, -0.15) is 0 Å². The second kappa shape index (κ2) is 8.62. The van der Waals surface area contributed by atoms with E-state index in [4.69, 9.17) is 0 Å². The minimum absolute atomic E-state index is 0.0331. The Labute approximate surface area is 168 Å². The van der Waals surface area contributed by atoms with Crippen molar-refractivity contribution in [3.63, 3.8) is 0 Å². The molecule has 1 atom stereocenters. The number of carbonyl (C=O) groups excluding carboxylic acids is 2. The molecule has 0 saturated carbocycles. The quantitative estimate of drug-likeness (QED) is 0.859. The number of likely N-dealkylation sites (tertiary alicyclic amines) is 1. The Morgan fingerprint density at radius 2 is 1.82 bits per heavy atom. The molecule has 2 saturated heterocycles. The number of hydrogen-bond acceptors (Lipinski definition) is 4. The Balaban J connectivity index is 1.65. The van der Waals surface area contributed by atoms with Gasteiger partial charge < -0.3 is 15.1 Å². The number of nitrogens with one attached hydrogen (secondary N) is 1. The molecule has 6 heteroatoms. The summed E-state index contributed by atoms with van der Waals surface area (Å²) in [5.41, 5.74) is 1.22. The molecule has 6 nitrogen and oxygen atoms in total. The van der Waals surface area contributed by atoms with Crippen LogP contribution in [0.15, 0.2) is 24.3 Å². The minimum Gasteiger partial charge on any atom is -0.341 e. The van der Waals surface area contributed by atoms with E-state index < -0.39 is 0 Å². The van der Waals surface area contributed by atoms with Gasteiger partial charge in [0.2, 0.25) is 0 Å². The molecule has 28 heavy (non-hydrogen) atoms. The topological polar surface area (TPSA) is 55.9 Å². The van der Waals surface area contributed by atoms with Crippen LogP contribution in [0.5, 0.6) is 0 Å². The molecule has 2 aliphatic heterocycles. The number of hydrogen-bond donors (Lipinski definition) is 1. The fourth-order valence-electron chi connectivity index (χ4n) is 4.24. The number of amides is 2. The van der Waals surface area contributed by atoms with Gasteiger partial charge in [-0.05, 0) is 30.0 Å². The lowest BCUT2D eigenvalue weighted by Crippen LogP contribution is -2.49. The van der Waals surface area contributed by atoms with Crippen molar-refractivity contribution in [1.82, 2.24) is 20.0 Å². The second-order valence-electron chi connectivity index (χ2n) is 9.28. The van der Waals surface area contributed by atoms with Crippen LogP contribution in [-0.4, -0.2) is 85.4 Å². The highest BCUT2D eigenvalue weighted by Gasteiger charge is 2.31. The van der Waals surface area contributed by atoms with Crippen LogP contribution in [0.2, 0.25) is 0 Å². The van der Waals surface area contributed by atoms with Crippen LogP contribution in [0, 0.1) is 5.41 Å². The van der Waals surface area contributed by atoms with Crippen molar-refractivity contribution in [3.8, 4) is 0 Å². The molecule has 1 unspecified atom stereocenters. The largest absolute Gasteiger partial charge is 0.341 e. The Kier molecular flexibility index (Phi) is 6.40. The zero-order valence-corrected chi connectivity index (χ0v) is 17.7. The molecule has 2 heterocycles. The monoisotopic (exact) mass is 386 g/mol. The van der Waals surface area contributed by atoms with Crippen molar-refractivity contribution in [1.29, 1.82) is 0 Å². The van der Waals surface area contributed by atoms with Gasteiger partial charge in [-0.1, -0.05) is 26.8 Å². The molecule has 2 fully saturated rings. The summed E-state index contributed by atoms with van der Waals surface area (Å²) < 4.78 is 0. The number of carbonyl (C=O) groups is 2. The molecule has 1 aromatic rings. The first kappa shape index (κ1) is 20.8. The molecule has 0 aliphatic carbocycles. The third kappa shape index (κ3) is 5.11. The van der Waals surface area contributed by atoms with Gasteiger partial charge in [0, 0.05) is 70.0 Å². The lowest BCUT2D eigenvalue weighted by molar-refractivity contribution is 0.0745. The van der Waals surface area contributed by atoms with Gasteiger partial charge in [-0.3, -0.25) is 14.5 Å². The highest BCUT2D eigenvalue weighted by atomic mass is 16.2. The lowest BCUT2D eigenvalue weighted by Gasteiger charge is -2.32. The average Bonchev–Trinajstić information content (AvgIpc) is 3.16. The van der Waals surface area contributed by atoms with Crippen molar-refractivity contribution < 1.29 is 9.59 Å². The predicted octanol–water partition coefficient (Wildman–Crippen LogP) is 1.92. The maximum atomic E-state index is 13.0. The average molecular weight is 387 g/mol. The lowest BCUT2D eigenvalue weighted by atomic mass is 9.96. The summed E-state index contributed by atoms with van der Waals surface area (Å²) in [5, 5.41) is 3.38. The smallest absolute Gasteiger partial charge is 0.253 e. The van der Waals surface area contributed by atoms with E-state index in [1.807, 2.05) is 24.1 Å². The van der Waals surface area contributed by atoms with Crippen LogP contribution in [0.3, 0.4) is 0 Å². The minimum atomic E-state index is -0.0373. The Morgan fingerprint density at radius 3 is 2.50 bits per heavy atom. The highest BCUT2D eigenvalue weighted by Crippen LogP contribution is 2.20. The summed E-state index contributed by atoms with van der Waals surface area (Å²) >= 11 is 0. The molecule has 2 amide bonds. The third-order valence-electron chi connectivity index (χ3n) is 5.53. The summed E-state index contributed by atoms with van der Waals surface area (Å²) in [5.74, 6) is -0.00421. The number of rotatable bonds is 4. The highest BCUT2D eigenvalue weighted by molar-refractivity contribution is 5.99. The van der Waals surface area contributed by atoms with E-state index >= 15 is 0 Å². The molecule has 2 aliphatic rings. The zero-order chi connectivity index (χ0) is 20.3. The van der Waals surface area contributed by atoms with Gasteiger partial charge >= 0.3 is 0 Å². The van der Waals surface area contributed by atoms with Crippen molar-refractivity contribution in [3.05, 3.63) is 35.4 Å².